The Morgan fingerprint density at radius 3 is 2.52 bits per heavy atom. The third kappa shape index (κ3) is 4.82. The second kappa shape index (κ2) is 6.58. The summed E-state index contributed by atoms with van der Waals surface area (Å²) in [5.74, 6) is -0.909. The highest BCUT2D eigenvalue weighted by Gasteiger charge is 2.50. The average molecular weight is 352 g/mol. The molecule has 1 aromatic rings. The highest BCUT2D eigenvalue weighted by atomic mass is 16.6. The van der Waals surface area contributed by atoms with Crippen LogP contribution >= 0.6 is 0 Å². The summed E-state index contributed by atoms with van der Waals surface area (Å²) in [7, 11) is 0. The van der Waals surface area contributed by atoms with E-state index in [0.717, 1.165) is 0 Å². The molecule has 0 spiro atoms. The molecule has 1 fully saturated rings. The number of aliphatic carboxylic acids is 1. The number of likely N-dealkylation sites (tertiary alicyclic amines) is 1. The molecular weight excluding hydrogens is 332 g/mol. The molecule has 1 N–H and O–H groups in total. The van der Waals surface area contributed by atoms with Crippen molar-refractivity contribution in [1.82, 2.24) is 4.90 Å². The lowest BCUT2D eigenvalue weighted by atomic mass is 9.90. The van der Waals surface area contributed by atoms with Crippen LogP contribution in [-0.2, 0) is 9.53 Å². The van der Waals surface area contributed by atoms with Crippen molar-refractivity contribution in [2.45, 2.75) is 38.4 Å². The predicted molar refractivity (Wildman–Crippen MR) is 86.5 cm³/mol. The zero-order chi connectivity index (χ0) is 18.8. The molecule has 0 radical (unpaired) electrons. The van der Waals surface area contributed by atoms with Gasteiger partial charge < -0.3 is 14.6 Å². The maximum atomic E-state index is 12.0. The monoisotopic (exact) mass is 352 g/mol. The van der Waals surface area contributed by atoms with Gasteiger partial charge in [-0.05, 0) is 26.8 Å². The number of rotatable bonds is 5. The first-order valence-electron chi connectivity index (χ1n) is 7.63. The fraction of sp³-hybridized carbons (Fsp3) is 0.500. The van der Waals surface area contributed by atoms with E-state index in [0.29, 0.717) is 0 Å². The molecule has 2 rings (SSSR count). The van der Waals surface area contributed by atoms with E-state index >= 15 is 0 Å². The van der Waals surface area contributed by atoms with Crippen LogP contribution < -0.4 is 4.74 Å². The fourth-order valence-corrected chi connectivity index (χ4v) is 2.50. The lowest BCUT2D eigenvalue weighted by molar-refractivity contribution is -0.385. The van der Waals surface area contributed by atoms with Crippen molar-refractivity contribution >= 4 is 17.7 Å². The number of carboxylic acid groups (broad SMARTS) is 1. The predicted octanol–water partition coefficient (Wildman–Crippen LogP) is 2.44. The summed E-state index contributed by atoms with van der Waals surface area (Å²) in [6.45, 7) is 5.24. The Kier molecular flexibility index (Phi) is 4.87. The van der Waals surface area contributed by atoms with Gasteiger partial charge in [0.2, 0.25) is 0 Å². The van der Waals surface area contributed by atoms with Crippen molar-refractivity contribution in [2.24, 2.45) is 0 Å². The van der Waals surface area contributed by atoms with Crippen molar-refractivity contribution in [2.75, 3.05) is 13.1 Å². The summed E-state index contributed by atoms with van der Waals surface area (Å²) in [5.41, 5.74) is -1.97. The van der Waals surface area contributed by atoms with Gasteiger partial charge in [0.05, 0.1) is 30.5 Å². The molecule has 1 saturated heterocycles. The van der Waals surface area contributed by atoms with Gasteiger partial charge in [0, 0.05) is 6.07 Å². The Balaban J connectivity index is 2.11. The molecule has 1 aliphatic rings. The highest BCUT2D eigenvalue weighted by molar-refractivity contribution is 5.72. The van der Waals surface area contributed by atoms with Crippen molar-refractivity contribution in [1.29, 1.82) is 0 Å². The van der Waals surface area contributed by atoms with Gasteiger partial charge in [-0.1, -0.05) is 6.07 Å². The van der Waals surface area contributed by atoms with Gasteiger partial charge in [0.15, 0.2) is 5.60 Å². The number of non-ortho nitro benzene ring substituents is 1. The summed E-state index contributed by atoms with van der Waals surface area (Å²) >= 11 is 0. The lowest BCUT2D eigenvalue weighted by Crippen LogP contribution is -2.67. The Labute approximate surface area is 144 Å². The van der Waals surface area contributed by atoms with Crippen molar-refractivity contribution in [3.05, 3.63) is 34.4 Å². The SMILES string of the molecule is CC(C)(C)OC(=O)N1CC(CC(=O)O)(Oc2cccc([N+](=O)[O-])c2)C1. The number of benzene rings is 1. The highest BCUT2D eigenvalue weighted by Crippen LogP contribution is 2.33. The maximum absolute atomic E-state index is 12.0. The second-order valence-electron chi connectivity index (χ2n) is 6.95. The Hall–Kier alpha value is -2.84. The molecule has 0 aromatic heterocycles. The minimum atomic E-state index is -1.14. The third-order valence-corrected chi connectivity index (χ3v) is 3.45. The normalized spacial score (nSPS) is 15.9. The van der Waals surface area contributed by atoms with E-state index in [-0.39, 0.29) is 30.9 Å². The van der Waals surface area contributed by atoms with Crippen LogP contribution in [0.3, 0.4) is 0 Å². The van der Waals surface area contributed by atoms with Gasteiger partial charge in [-0.2, -0.15) is 0 Å². The lowest BCUT2D eigenvalue weighted by Gasteiger charge is -2.48. The van der Waals surface area contributed by atoms with Gasteiger partial charge in [-0.25, -0.2) is 4.79 Å². The van der Waals surface area contributed by atoms with Gasteiger partial charge >= 0.3 is 12.1 Å². The maximum Gasteiger partial charge on any atom is 0.410 e. The molecule has 9 heteroatoms. The van der Waals surface area contributed by atoms with E-state index in [1.807, 2.05) is 0 Å². The first kappa shape index (κ1) is 18.5. The van der Waals surface area contributed by atoms with Crippen LogP contribution in [0.25, 0.3) is 0 Å². The third-order valence-electron chi connectivity index (χ3n) is 3.45. The first-order valence-corrected chi connectivity index (χ1v) is 7.63. The average Bonchev–Trinajstić information content (AvgIpc) is 2.41. The summed E-state index contributed by atoms with van der Waals surface area (Å²) in [4.78, 5) is 34.8. The minimum Gasteiger partial charge on any atom is -0.483 e. The first-order chi connectivity index (χ1) is 11.5. The van der Waals surface area contributed by atoms with Crippen LogP contribution in [-0.4, -0.2) is 51.3 Å². The molecular formula is C16H20N2O7. The number of nitro groups is 1. The molecule has 0 unspecified atom stereocenters. The van der Waals surface area contributed by atoms with E-state index in [4.69, 9.17) is 14.6 Å². The molecule has 0 aliphatic carbocycles. The van der Waals surface area contributed by atoms with Crippen molar-refractivity contribution in [3.8, 4) is 5.75 Å². The number of nitrogens with zero attached hydrogens (tertiary/aromatic N) is 2. The number of carboxylic acids is 1. The van der Waals surface area contributed by atoms with E-state index in [9.17, 15) is 19.7 Å². The van der Waals surface area contributed by atoms with E-state index in [1.54, 1.807) is 20.8 Å². The quantitative estimate of drug-likeness (QED) is 0.638. The Bertz CT molecular complexity index is 690. The largest absolute Gasteiger partial charge is 0.483 e. The summed E-state index contributed by atoms with van der Waals surface area (Å²) in [6, 6.07) is 5.49. The molecule has 0 saturated carbocycles. The molecule has 1 aliphatic heterocycles. The zero-order valence-electron chi connectivity index (χ0n) is 14.2. The number of amides is 1. The fourth-order valence-electron chi connectivity index (χ4n) is 2.50. The number of carbonyl (C=O) groups excluding carboxylic acids is 1. The van der Waals surface area contributed by atoms with Crippen molar-refractivity contribution < 1.29 is 29.1 Å². The summed E-state index contributed by atoms with van der Waals surface area (Å²) in [6.07, 6.45) is -0.897. The second-order valence-corrected chi connectivity index (χ2v) is 6.95. The smallest absolute Gasteiger partial charge is 0.410 e. The molecule has 136 valence electrons. The number of nitro benzene ring substituents is 1. The van der Waals surface area contributed by atoms with Gasteiger partial charge in [-0.3, -0.25) is 19.8 Å². The summed E-state index contributed by atoms with van der Waals surface area (Å²) in [5, 5.41) is 20.0. The minimum absolute atomic E-state index is 0.0247. The van der Waals surface area contributed by atoms with Crippen LogP contribution in [0.1, 0.15) is 27.2 Å². The van der Waals surface area contributed by atoms with E-state index < -0.39 is 28.2 Å². The van der Waals surface area contributed by atoms with Crippen LogP contribution in [0.4, 0.5) is 10.5 Å². The number of carbonyl (C=O) groups is 2. The van der Waals surface area contributed by atoms with Crippen LogP contribution in [0.15, 0.2) is 24.3 Å². The number of hydrogen-bond donors (Lipinski definition) is 1. The zero-order valence-corrected chi connectivity index (χ0v) is 14.2. The van der Waals surface area contributed by atoms with Gasteiger partial charge in [0.25, 0.3) is 5.69 Å². The standard InChI is InChI=1S/C16H20N2O7/c1-15(2,3)25-14(21)17-9-16(10-17,8-13(19)20)24-12-6-4-5-11(7-12)18(22)23/h4-7H,8-10H2,1-3H3,(H,19,20). The number of ether oxygens (including phenoxy) is 2. The van der Waals surface area contributed by atoms with Crippen LogP contribution in [0, 0.1) is 10.1 Å². The molecule has 1 amide bonds. The Morgan fingerprint density at radius 1 is 1.36 bits per heavy atom. The molecule has 25 heavy (non-hydrogen) atoms. The van der Waals surface area contributed by atoms with Gasteiger partial charge in [0.1, 0.15) is 11.4 Å². The molecule has 0 bridgehead atoms. The summed E-state index contributed by atoms with van der Waals surface area (Å²) < 4.78 is 11.0. The number of hydrogen-bond acceptors (Lipinski definition) is 6. The van der Waals surface area contributed by atoms with Crippen LogP contribution in [0.2, 0.25) is 0 Å². The van der Waals surface area contributed by atoms with E-state index in [1.165, 1.54) is 29.2 Å². The van der Waals surface area contributed by atoms with E-state index in [2.05, 4.69) is 0 Å². The molecule has 0 atom stereocenters. The van der Waals surface area contributed by atoms with Crippen molar-refractivity contribution in [3.63, 3.8) is 0 Å². The molecule has 1 aromatic carbocycles. The molecule has 9 nitrogen and oxygen atoms in total. The van der Waals surface area contributed by atoms with Gasteiger partial charge in [-0.15, -0.1) is 0 Å². The Morgan fingerprint density at radius 2 is 2.00 bits per heavy atom. The topological polar surface area (TPSA) is 119 Å². The van der Waals surface area contributed by atoms with Crippen LogP contribution in [0.5, 0.6) is 5.75 Å². The molecule has 1 heterocycles.